The summed E-state index contributed by atoms with van der Waals surface area (Å²) in [6.45, 7) is 0.297. The summed E-state index contributed by atoms with van der Waals surface area (Å²) in [5.41, 5.74) is 0.421. The Bertz CT molecular complexity index is 1390. The minimum Gasteiger partial charge on any atom is -0.479 e. The van der Waals surface area contributed by atoms with Crippen LogP contribution in [0.1, 0.15) is 12.8 Å². The Morgan fingerprint density at radius 1 is 0.972 bits per heavy atom. The van der Waals surface area contributed by atoms with Crippen LogP contribution in [0.3, 0.4) is 0 Å². The second kappa shape index (κ2) is 9.14. The number of aliphatic carboxylic acids is 2. The summed E-state index contributed by atoms with van der Waals surface area (Å²) < 4.78 is 24.5. The normalized spacial score (nSPS) is 14.5. The van der Waals surface area contributed by atoms with Gasteiger partial charge in [-0.15, -0.1) is 0 Å². The van der Waals surface area contributed by atoms with Crippen LogP contribution in [-0.4, -0.2) is 44.2 Å². The van der Waals surface area contributed by atoms with Crippen LogP contribution < -0.4 is 9.64 Å². The molecule has 2 N–H and O–H groups in total. The lowest BCUT2D eigenvalue weighted by Gasteiger charge is -2.32. The minimum atomic E-state index is -2.00. The van der Waals surface area contributed by atoms with Crippen LogP contribution in [-0.2, 0) is 9.59 Å². The molecule has 0 atom stereocenters. The highest BCUT2D eigenvalue weighted by Crippen LogP contribution is 2.35. The zero-order valence-corrected chi connectivity index (χ0v) is 18.8. The van der Waals surface area contributed by atoms with Crippen molar-refractivity contribution in [3.8, 4) is 34.3 Å². The highest BCUT2D eigenvalue weighted by Gasteiger charge is 2.55. The fourth-order valence-corrected chi connectivity index (χ4v) is 4.24. The maximum Gasteiger partial charge on any atom is 0.341 e. The maximum atomic E-state index is 13.1. The van der Waals surface area contributed by atoms with Crippen LogP contribution in [0.25, 0.3) is 22.7 Å². The molecular formula is C26H20FN3O6. The first-order valence-electron chi connectivity index (χ1n) is 11.1. The molecule has 5 rings (SSSR count). The van der Waals surface area contributed by atoms with Gasteiger partial charge in [0.15, 0.2) is 0 Å². The molecule has 2 aromatic carbocycles. The van der Waals surface area contributed by atoms with Crippen molar-refractivity contribution >= 4 is 17.6 Å². The number of rotatable bonds is 7. The number of pyridine rings is 1. The molecule has 182 valence electrons. The van der Waals surface area contributed by atoms with E-state index < -0.39 is 17.5 Å². The number of carboxylic acid groups (broad SMARTS) is 2. The van der Waals surface area contributed by atoms with Gasteiger partial charge in [-0.2, -0.15) is 0 Å². The first-order valence-corrected chi connectivity index (χ1v) is 11.1. The summed E-state index contributed by atoms with van der Waals surface area (Å²) in [4.78, 5) is 33.6. The summed E-state index contributed by atoms with van der Waals surface area (Å²) >= 11 is 0. The Hall–Kier alpha value is -4.73. The largest absolute Gasteiger partial charge is 0.479 e. The summed E-state index contributed by atoms with van der Waals surface area (Å²) in [7, 11) is 0. The quantitative estimate of drug-likeness (QED) is 0.351. The van der Waals surface area contributed by atoms with Crippen molar-refractivity contribution in [2.45, 2.75) is 18.4 Å². The van der Waals surface area contributed by atoms with E-state index in [0.717, 1.165) is 5.56 Å². The van der Waals surface area contributed by atoms with Gasteiger partial charge in [-0.25, -0.2) is 23.9 Å². The van der Waals surface area contributed by atoms with E-state index in [1.807, 2.05) is 0 Å². The second-order valence-electron chi connectivity index (χ2n) is 8.25. The topological polar surface area (TPSA) is 126 Å². The molecular weight excluding hydrogens is 469 g/mol. The van der Waals surface area contributed by atoms with Crippen LogP contribution in [0.2, 0.25) is 0 Å². The van der Waals surface area contributed by atoms with Crippen molar-refractivity contribution in [1.82, 2.24) is 9.97 Å². The van der Waals surface area contributed by atoms with E-state index in [9.17, 15) is 24.2 Å². The lowest BCUT2D eigenvalue weighted by Crippen LogP contribution is -2.57. The van der Waals surface area contributed by atoms with Crippen molar-refractivity contribution in [3.63, 3.8) is 0 Å². The van der Waals surface area contributed by atoms with E-state index >= 15 is 0 Å². The number of aromatic nitrogens is 2. The van der Waals surface area contributed by atoms with E-state index in [1.165, 1.54) is 29.5 Å². The molecule has 4 aromatic rings. The maximum absolute atomic E-state index is 13.1. The smallest absolute Gasteiger partial charge is 0.341 e. The fraction of sp³-hybridized carbons (Fsp3) is 0.154. The molecule has 0 amide bonds. The van der Waals surface area contributed by atoms with Crippen LogP contribution in [0, 0.1) is 5.82 Å². The van der Waals surface area contributed by atoms with E-state index in [4.69, 9.17) is 9.15 Å². The lowest BCUT2D eigenvalue weighted by molar-refractivity contribution is -0.156. The van der Waals surface area contributed by atoms with Gasteiger partial charge in [0.25, 0.3) is 0 Å². The molecule has 0 radical (unpaired) electrons. The number of benzene rings is 2. The molecule has 36 heavy (non-hydrogen) atoms. The monoisotopic (exact) mass is 489 g/mol. The van der Waals surface area contributed by atoms with Crippen LogP contribution in [0.4, 0.5) is 10.1 Å². The molecule has 0 spiro atoms. The van der Waals surface area contributed by atoms with Gasteiger partial charge in [0.05, 0.1) is 11.9 Å². The standard InChI is InChI=1S/C26H20FN3O6/c27-18-6-2-16(3-7-18)21-15-35-23(29-21)17-4-9-20(10-5-17)36-22-11-8-19(14-28-22)30-13-1-12-26(30,24(31)32)25(33)34/h2-11,14-15H,1,12-13H2,(H,31,32)(H,33,34). The highest BCUT2D eigenvalue weighted by atomic mass is 19.1. The van der Waals surface area contributed by atoms with E-state index in [0.29, 0.717) is 41.6 Å². The van der Waals surface area contributed by atoms with E-state index in [2.05, 4.69) is 9.97 Å². The molecule has 1 aliphatic heterocycles. The average Bonchev–Trinajstić information content (AvgIpc) is 3.54. The minimum absolute atomic E-state index is 0.0121. The lowest BCUT2D eigenvalue weighted by atomic mass is 9.96. The second-order valence-corrected chi connectivity index (χ2v) is 8.25. The summed E-state index contributed by atoms with van der Waals surface area (Å²) in [6, 6.07) is 16.1. The number of hydrogen-bond acceptors (Lipinski definition) is 7. The van der Waals surface area contributed by atoms with Crippen molar-refractivity contribution in [1.29, 1.82) is 0 Å². The van der Waals surface area contributed by atoms with Gasteiger partial charge in [-0.3, -0.25) is 0 Å². The number of halogens is 1. The third-order valence-electron chi connectivity index (χ3n) is 6.09. The number of oxazole rings is 1. The molecule has 2 aromatic heterocycles. The number of nitrogens with zero attached hydrogens (tertiary/aromatic N) is 3. The Morgan fingerprint density at radius 3 is 2.31 bits per heavy atom. The van der Waals surface area contributed by atoms with E-state index in [1.54, 1.807) is 48.5 Å². The molecule has 1 aliphatic rings. The molecule has 1 saturated heterocycles. The van der Waals surface area contributed by atoms with Crippen LogP contribution >= 0.6 is 0 Å². The first kappa shape index (κ1) is 23.0. The van der Waals surface area contributed by atoms with Gasteiger partial charge in [0, 0.05) is 23.7 Å². The third kappa shape index (κ3) is 4.13. The van der Waals surface area contributed by atoms with Crippen LogP contribution in [0.15, 0.2) is 77.5 Å². The molecule has 0 saturated carbocycles. The van der Waals surface area contributed by atoms with Gasteiger partial charge in [0.2, 0.25) is 17.3 Å². The summed E-state index contributed by atoms with van der Waals surface area (Å²) in [5.74, 6) is -1.97. The van der Waals surface area contributed by atoms with Gasteiger partial charge >= 0.3 is 11.9 Å². The van der Waals surface area contributed by atoms with Gasteiger partial charge in [-0.05, 0) is 67.4 Å². The van der Waals surface area contributed by atoms with Crippen molar-refractivity contribution < 1.29 is 33.3 Å². The zero-order chi connectivity index (χ0) is 25.3. The predicted octanol–water partition coefficient (Wildman–Crippen LogP) is 4.84. The van der Waals surface area contributed by atoms with E-state index in [-0.39, 0.29) is 18.1 Å². The van der Waals surface area contributed by atoms with Crippen molar-refractivity contribution in [2.24, 2.45) is 0 Å². The average molecular weight is 489 g/mol. The van der Waals surface area contributed by atoms with Crippen molar-refractivity contribution in [2.75, 3.05) is 11.4 Å². The predicted molar refractivity (Wildman–Crippen MR) is 126 cm³/mol. The van der Waals surface area contributed by atoms with Gasteiger partial charge < -0.3 is 24.3 Å². The van der Waals surface area contributed by atoms with Gasteiger partial charge in [0.1, 0.15) is 23.5 Å². The number of hydrogen-bond donors (Lipinski definition) is 2. The number of anilines is 1. The first-order chi connectivity index (χ1) is 17.4. The zero-order valence-electron chi connectivity index (χ0n) is 18.8. The molecule has 0 aliphatic carbocycles. The Balaban J connectivity index is 1.28. The number of ether oxygens (including phenoxy) is 1. The SMILES string of the molecule is O=C(O)C1(C(=O)O)CCCN1c1ccc(Oc2ccc(-c3nc(-c4ccc(F)cc4)co3)cc2)nc1. The molecule has 3 heterocycles. The van der Waals surface area contributed by atoms with Crippen LogP contribution in [0.5, 0.6) is 11.6 Å². The Kier molecular flexibility index (Phi) is 5.85. The Labute approximate surface area is 204 Å². The Morgan fingerprint density at radius 2 is 1.67 bits per heavy atom. The third-order valence-corrected chi connectivity index (χ3v) is 6.09. The fourth-order valence-electron chi connectivity index (χ4n) is 4.24. The molecule has 1 fully saturated rings. The number of carbonyl (C=O) groups is 2. The molecule has 10 heteroatoms. The molecule has 0 bridgehead atoms. The highest BCUT2D eigenvalue weighted by molar-refractivity contribution is 6.07. The van der Waals surface area contributed by atoms with Crippen molar-refractivity contribution in [3.05, 3.63) is 78.9 Å². The summed E-state index contributed by atoms with van der Waals surface area (Å²) in [6.07, 6.45) is 3.36. The molecule has 0 unspecified atom stereocenters. The molecule has 9 nitrogen and oxygen atoms in total. The number of carboxylic acids is 2. The summed E-state index contributed by atoms with van der Waals surface area (Å²) in [5, 5.41) is 19.2. The van der Waals surface area contributed by atoms with Gasteiger partial charge in [-0.1, -0.05) is 0 Å².